The van der Waals surface area contributed by atoms with Crippen LogP contribution < -0.4 is 5.32 Å². The van der Waals surface area contributed by atoms with Crippen molar-refractivity contribution in [1.29, 1.82) is 0 Å². The van der Waals surface area contributed by atoms with Crippen molar-refractivity contribution in [3.63, 3.8) is 0 Å². The van der Waals surface area contributed by atoms with Crippen LogP contribution in [0.1, 0.15) is 15.9 Å². The van der Waals surface area contributed by atoms with Crippen molar-refractivity contribution in [2.24, 2.45) is 0 Å². The third-order valence-corrected chi connectivity index (χ3v) is 3.14. The van der Waals surface area contributed by atoms with Gasteiger partial charge in [-0.25, -0.2) is 4.39 Å². The van der Waals surface area contributed by atoms with Gasteiger partial charge in [0.2, 0.25) is 0 Å². The molecule has 0 heterocycles. The Morgan fingerprint density at radius 1 is 1.26 bits per heavy atom. The van der Waals surface area contributed by atoms with Crippen LogP contribution >= 0.6 is 15.9 Å². The minimum Gasteiger partial charge on any atom is -0.508 e. The van der Waals surface area contributed by atoms with Gasteiger partial charge in [-0.1, -0.05) is 22.0 Å². The van der Waals surface area contributed by atoms with Crippen molar-refractivity contribution in [3.8, 4) is 5.75 Å². The van der Waals surface area contributed by atoms with Gasteiger partial charge >= 0.3 is 0 Å². The van der Waals surface area contributed by atoms with Crippen molar-refractivity contribution in [2.75, 3.05) is 5.32 Å². The smallest absolute Gasteiger partial charge is 0.258 e. The standard InChI is InChI=1S/C14H11BrFNO2/c1-8-2-3-9(15)6-13(8)17-14(19)11-5-4-10(18)7-12(11)16/h2-7,18H,1H3,(H,17,19). The molecule has 0 saturated heterocycles. The van der Waals surface area contributed by atoms with Gasteiger partial charge in [0.15, 0.2) is 0 Å². The molecule has 2 N–H and O–H groups in total. The van der Waals surface area contributed by atoms with Gasteiger partial charge in [-0.15, -0.1) is 0 Å². The van der Waals surface area contributed by atoms with Crippen LogP contribution in [0.4, 0.5) is 10.1 Å². The molecule has 0 fully saturated rings. The summed E-state index contributed by atoms with van der Waals surface area (Å²) >= 11 is 3.31. The van der Waals surface area contributed by atoms with Crippen LogP contribution in [0.15, 0.2) is 40.9 Å². The largest absolute Gasteiger partial charge is 0.508 e. The molecule has 1 amide bonds. The molecule has 0 atom stereocenters. The quantitative estimate of drug-likeness (QED) is 0.881. The third kappa shape index (κ3) is 3.12. The van der Waals surface area contributed by atoms with Crippen LogP contribution in [-0.2, 0) is 0 Å². The Kier molecular flexibility index (Phi) is 3.85. The van der Waals surface area contributed by atoms with E-state index in [9.17, 15) is 9.18 Å². The number of nitrogens with one attached hydrogen (secondary N) is 1. The van der Waals surface area contributed by atoms with Crippen molar-refractivity contribution < 1.29 is 14.3 Å². The number of hydrogen-bond acceptors (Lipinski definition) is 2. The van der Waals surface area contributed by atoms with E-state index in [4.69, 9.17) is 5.11 Å². The van der Waals surface area contributed by atoms with Crippen molar-refractivity contribution in [1.82, 2.24) is 0 Å². The van der Waals surface area contributed by atoms with E-state index in [-0.39, 0.29) is 11.3 Å². The fourth-order valence-electron chi connectivity index (χ4n) is 1.61. The number of aryl methyl sites for hydroxylation is 1. The fourth-order valence-corrected chi connectivity index (χ4v) is 1.97. The summed E-state index contributed by atoms with van der Waals surface area (Å²) < 4.78 is 14.4. The summed E-state index contributed by atoms with van der Waals surface area (Å²) in [5, 5.41) is 11.7. The highest BCUT2D eigenvalue weighted by Gasteiger charge is 2.13. The third-order valence-electron chi connectivity index (χ3n) is 2.65. The lowest BCUT2D eigenvalue weighted by Gasteiger charge is -2.09. The van der Waals surface area contributed by atoms with Gasteiger partial charge < -0.3 is 10.4 Å². The summed E-state index contributed by atoms with van der Waals surface area (Å²) in [4.78, 5) is 12.0. The molecule has 98 valence electrons. The Balaban J connectivity index is 2.28. The van der Waals surface area contributed by atoms with E-state index >= 15 is 0 Å². The second-order valence-corrected chi connectivity index (χ2v) is 4.99. The molecule has 2 aromatic rings. The predicted molar refractivity (Wildman–Crippen MR) is 74.9 cm³/mol. The zero-order valence-corrected chi connectivity index (χ0v) is 11.7. The number of phenolic OH excluding ortho intramolecular Hbond substituents is 1. The highest BCUT2D eigenvalue weighted by molar-refractivity contribution is 9.10. The van der Waals surface area contributed by atoms with E-state index < -0.39 is 11.7 Å². The van der Waals surface area contributed by atoms with Crippen LogP contribution in [-0.4, -0.2) is 11.0 Å². The molecule has 2 aromatic carbocycles. The van der Waals surface area contributed by atoms with Crippen molar-refractivity contribution >= 4 is 27.5 Å². The van der Waals surface area contributed by atoms with Gasteiger partial charge in [-0.2, -0.15) is 0 Å². The Morgan fingerprint density at radius 3 is 2.68 bits per heavy atom. The normalized spacial score (nSPS) is 10.3. The zero-order valence-electron chi connectivity index (χ0n) is 10.1. The fraction of sp³-hybridized carbons (Fsp3) is 0.0714. The zero-order chi connectivity index (χ0) is 14.0. The van der Waals surface area contributed by atoms with Crippen LogP contribution in [0.3, 0.4) is 0 Å². The van der Waals surface area contributed by atoms with E-state index in [1.54, 1.807) is 6.07 Å². The second-order valence-electron chi connectivity index (χ2n) is 4.08. The Bertz CT molecular complexity index is 643. The first-order valence-corrected chi connectivity index (χ1v) is 6.32. The topological polar surface area (TPSA) is 49.3 Å². The molecular weight excluding hydrogens is 313 g/mol. The number of carbonyl (C=O) groups is 1. The van der Waals surface area contributed by atoms with Crippen LogP contribution in [0.25, 0.3) is 0 Å². The average molecular weight is 324 g/mol. The highest BCUT2D eigenvalue weighted by atomic mass is 79.9. The lowest BCUT2D eigenvalue weighted by atomic mass is 10.1. The molecule has 0 aliphatic heterocycles. The lowest BCUT2D eigenvalue weighted by molar-refractivity contribution is 0.102. The summed E-state index contributed by atoms with van der Waals surface area (Å²) in [6, 6.07) is 8.85. The Labute approximate surface area is 118 Å². The number of hydrogen-bond donors (Lipinski definition) is 2. The molecule has 2 rings (SSSR count). The van der Waals surface area contributed by atoms with E-state index in [0.717, 1.165) is 16.1 Å². The molecule has 5 heteroatoms. The van der Waals surface area contributed by atoms with E-state index in [2.05, 4.69) is 21.2 Å². The minimum atomic E-state index is -0.759. The lowest BCUT2D eigenvalue weighted by Crippen LogP contribution is -2.14. The SMILES string of the molecule is Cc1ccc(Br)cc1NC(=O)c1ccc(O)cc1F. The summed E-state index contributed by atoms with van der Waals surface area (Å²) in [5.41, 5.74) is 1.36. The highest BCUT2D eigenvalue weighted by Crippen LogP contribution is 2.22. The van der Waals surface area contributed by atoms with Crippen molar-refractivity contribution in [2.45, 2.75) is 6.92 Å². The molecule has 0 spiro atoms. The van der Waals surface area contributed by atoms with Gasteiger partial charge in [0.25, 0.3) is 5.91 Å². The number of halogens is 2. The molecule has 0 bridgehead atoms. The van der Waals surface area contributed by atoms with Crippen LogP contribution in [0, 0.1) is 12.7 Å². The molecule has 0 aromatic heterocycles. The van der Waals surface area contributed by atoms with Gasteiger partial charge in [-0.05, 0) is 36.8 Å². The summed E-state index contributed by atoms with van der Waals surface area (Å²) in [7, 11) is 0. The van der Waals surface area contributed by atoms with Gasteiger partial charge in [-0.3, -0.25) is 4.79 Å². The summed E-state index contributed by atoms with van der Waals surface area (Å²) in [6.45, 7) is 1.84. The van der Waals surface area contributed by atoms with Crippen LogP contribution in [0.2, 0.25) is 0 Å². The number of anilines is 1. The average Bonchev–Trinajstić information content (AvgIpc) is 2.33. The Morgan fingerprint density at radius 2 is 2.00 bits per heavy atom. The van der Waals surface area contributed by atoms with E-state index in [1.165, 1.54) is 12.1 Å². The molecule has 0 radical (unpaired) electrons. The minimum absolute atomic E-state index is 0.114. The predicted octanol–water partition coefficient (Wildman–Crippen LogP) is 3.85. The maximum absolute atomic E-state index is 13.6. The number of phenols is 1. The van der Waals surface area contributed by atoms with E-state index in [0.29, 0.717) is 5.69 Å². The van der Waals surface area contributed by atoms with Gasteiger partial charge in [0.1, 0.15) is 11.6 Å². The maximum Gasteiger partial charge on any atom is 0.258 e. The van der Waals surface area contributed by atoms with Gasteiger partial charge in [0, 0.05) is 16.2 Å². The molecule has 19 heavy (non-hydrogen) atoms. The molecule has 0 unspecified atom stereocenters. The monoisotopic (exact) mass is 323 g/mol. The molecule has 0 saturated carbocycles. The van der Waals surface area contributed by atoms with Crippen molar-refractivity contribution in [3.05, 3.63) is 57.8 Å². The number of rotatable bonds is 2. The maximum atomic E-state index is 13.6. The first-order chi connectivity index (χ1) is 8.97. The number of carbonyl (C=O) groups excluding carboxylic acids is 1. The molecule has 0 aliphatic carbocycles. The first kappa shape index (κ1) is 13.5. The summed E-state index contributed by atoms with van der Waals surface area (Å²) in [5.74, 6) is -1.53. The molecule has 3 nitrogen and oxygen atoms in total. The first-order valence-electron chi connectivity index (χ1n) is 5.53. The van der Waals surface area contributed by atoms with Crippen LogP contribution in [0.5, 0.6) is 5.75 Å². The van der Waals surface area contributed by atoms with E-state index in [1.807, 2.05) is 19.1 Å². The number of amides is 1. The summed E-state index contributed by atoms with van der Waals surface area (Å²) in [6.07, 6.45) is 0. The van der Waals surface area contributed by atoms with Gasteiger partial charge in [0.05, 0.1) is 5.56 Å². The number of aromatic hydroxyl groups is 1. The number of benzene rings is 2. The molecular formula is C14H11BrFNO2. The Hall–Kier alpha value is -1.88. The second kappa shape index (κ2) is 5.40. The molecule has 0 aliphatic rings.